The number of fused-ring (bicyclic) bond motifs is 2. The second-order valence-corrected chi connectivity index (χ2v) is 7.65. The van der Waals surface area contributed by atoms with Crippen LogP contribution >= 0.6 is 0 Å². The molecule has 1 aromatic heterocycles. The second kappa shape index (κ2) is 8.47. The average molecular weight is 423 g/mol. The van der Waals surface area contributed by atoms with Gasteiger partial charge in [0.2, 0.25) is 5.43 Å². The van der Waals surface area contributed by atoms with Gasteiger partial charge in [-0.05, 0) is 66.9 Å². The zero-order chi connectivity index (χ0) is 22.0. The zero-order valence-corrected chi connectivity index (χ0v) is 16.7. The first-order valence-corrected chi connectivity index (χ1v) is 9.84. The van der Waals surface area contributed by atoms with Crippen LogP contribution in [0.1, 0.15) is 12.0 Å². The molecule has 0 aliphatic heterocycles. The van der Waals surface area contributed by atoms with E-state index in [1.54, 1.807) is 30.3 Å². The van der Waals surface area contributed by atoms with E-state index in [0.717, 1.165) is 5.56 Å². The minimum Gasteiger partial charge on any atom is -0.457 e. The van der Waals surface area contributed by atoms with Gasteiger partial charge in [-0.1, -0.05) is 6.07 Å². The van der Waals surface area contributed by atoms with Crippen LogP contribution in [-0.4, -0.2) is 29.0 Å². The smallest absolute Gasteiger partial charge is 0.200 e. The molecular formula is C24H22FNO5. The SMILES string of the molecule is NC(CO)(CO)CCc1ccc2oc3cc(Oc4ccc(F)cc4)ccc3c(=O)c2c1. The van der Waals surface area contributed by atoms with Gasteiger partial charge in [0.15, 0.2) is 0 Å². The van der Waals surface area contributed by atoms with Crippen LogP contribution in [-0.2, 0) is 6.42 Å². The van der Waals surface area contributed by atoms with E-state index in [2.05, 4.69) is 0 Å². The lowest BCUT2D eigenvalue weighted by atomic mass is 9.93. The van der Waals surface area contributed by atoms with Gasteiger partial charge >= 0.3 is 0 Å². The summed E-state index contributed by atoms with van der Waals surface area (Å²) >= 11 is 0. The summed E-state index contributed by atoms with van der Waals surface area (Å²) in [5.41, 5.74) is 6.36. The molecule has 0 saturated carbocycles. The van der Waals surface area contributed by atoms with Crippen molar-refractivity contribution in [3.63, 3.8) is 0 Å². The first-order valence-electron chi connectivity index (χ1n) is 9.84. The van der Waals surface area contributed by atoms with E-state index in [1.165, 1.54) is 24.3 Å². The van der Waals surface area contributed by atoms with Crippen LogP contribution in [0.15, 0.2) is 69.9 Å². The van der Waals surface area contributed by atoms with E-state index in [9.17, 15) is 19.4 Å². The molecule has 1 heterocycles. The Morgan fingerprint density at radius 2 is 1.61 bits per heavy atom. The Bertz CT molecular complexity index is 1280. The molecule has 3 aromatic carbocycles. The van der Waals surface area contributed by atoms with Crippen LogP contribution < -0.4 is 15.9 Å². The first kappa shape index (κ1) is 21.0. The topological polar surface area (TPSA) is 106 Å². The Kier molecular flexibility index (Phi) is 5.73. The molecule has 4 aromatic rings. The molecule has 0 bridgehead atoms. The molecule has 160 valence electrons. The van der Waals surface area contributed by atoms with Crippen molar-refractivity contribution in [2.45, 2.75) is 18.4 Å². The summed E-state index contributed by atoms with van der Waals surface area (Å²) in [6, 6.07) is 15.8. The number of halogens is 1. The van der Waals surface area contributed by atoms with Crippen molar-refractivity contribution in [2.75, 3.05) is 13.2 Å². The maximum absolute atomic E-state index is 13.1. The Morgan fingerprint density at radius 3 is 2.32 bits per heavy atom. The fourth-order valence-electron chi connectivity index (χ4n) is 3.34. The molecule has 6 nitrogen and oxygen atoms in total. The van der Waals surface area contributed by atoms with E-state index in [-0.39, 0.29) is 24.5 Å². The number of aliphatic hydroxyl groups excluding tert-OH is 2. The minimum atomic E-state index is -1.07. The van der Waals surface area contributed by atoms with Gasteiger partial charge in [0.05, 0.1) is 29.5 Å². The van der Waals surface area contributed by atoms with Crippen molar-refractivity contribution in [3.05, 3.63) is 82.3 Å². The summed E-state index contributed by atoms with van der Waals surface area (Å²) in [5.74, 6) is 0.577. The van der Waals surface area contributed by atoms with Crippen LogP contribution in [0, 0.1) is 5.82 Å². The molecule has 0 saturated heterocycles. The number of benzene rings is 3. The second-order valence-electron chi connectivity index (χ2n) is 7.65. The van der Waals surface area contributed by atoms with Crippen molar-refractivity contribution < 1.29 is 23.8 Å². The standard InChI is InChI=1S/C24H22FNO5/c25-16-2-4-17(5-3-16)30-18-6-7-19-22(12-18)31-21-8-1-15(11-20(21)23(19)29)9-10-24(26,13-27)14-28/h1-8,11-12,27-28H,9-10,13-14,26H2. The number of aliphatic hydroxyl groups is 2. The first-order chi connectivity index (χ1) is 14.9. The molecule has 31 heavy (non-hydrogen) atoms. The molecule has 4 N–H and O–H groups in total. The van der Waals surface area contributed by atoms with Gasteiger partial charge in [-0.2, -0.15) is 0 Å². The summed E-state index contributed by atoms with van der Waals surface area (Å²) in [4.78, 5) is 13.0. The van der Waals surface area contributed by atoms with Gasteiger partial charge in [-0.25, -0.2) is 4.39 Å². The third-order valence-electron chi connectivity index (χ3n) is 5.30. The summed E-state index contributed by atoms with van der Waals surface area (Å²) in [5, 5.41) is 19.5. The number of hydrogen-bond acceptors (Lipinski definition) is 6. The molecule has 0 unspecified atom stereocenters. The van der Waals surface area contributed by atoms with Crippen LogP contribution in [0.2, 0.25) is 0 Å². The highest BCUT2D eigenvalue weighted by Gasteiger charge is 2.22. The van der Waals surface area contributed by atoms with Crippen molar-refractivity contribution in [2.24, 2.45) is 5.73 Å². The van der Waals surface area contributed by atoms with Crippen LogP contribution in [0.5, 0.6) is 11.5 Å². The quantitative estimate of drug-likeness (QED) is 0.393. The molecule has 0 atom stereocenters. The van der Waals surface area contributed by atoms with Gasteiger partial charge < -0.3 is 25.1 Å². The van der Waals surface area contributed by atoms with Crippen LogP contribution in [0.3, 0.4) is 0 Å². The highest BCUT2D eigenvalue weighted by Crippen LogP contribution is 2.27. The molecule has 0 fully saturated rings. The molecule has 0 amide bonds. The van der Waals surface area contributed by atoms with E-state index in [0.29, 0.717) is 46.3 Å². The molecule has 4 rings (SSSR count). The number of hydrogen-bond donors (Lipinski definition) is 3. The zero-order valence-electron chi connectivity index (χ0n) is 16.7. The van der Waals surface area contributed by atoms with Gasteiger partial charge in [-0.3, -0.25) is 4.79 Å². The van der Waals surface area contributed by atoms with Crippen molar-refractivity contribution >= 4 is 21.9 Å². The van der Waals surface area contributed by atoms with Gasteiger partial charge in [0.25, 0.3) is 0 Å². The predicted molar refractivity (Wildman–Crippen MR) is 116 cm³/mol. The fraction of sp³-hybridized carbons (Fsp3) is 0.208. The Balaban J connectivity index is 1.65. The Morgan fingerprint density at radius 1 is 0.903 bits per heavy atom. The van der Waals surface area contributed by atoms with Gasteiger partial charge in [0, 0.05) is 6.07 Å². The number of aryl methyl sites for hydroxylation is 1. The third-order valence-corrected chi connectivity index (χ3v) is 5.30. The molecule has 0 spiro atoms. The number of nitrogens with two attached hydrogens (primary N) is 1. The Labute approximate surface area is 177 Å². The van der Waals surface area contributed by atoms with Crippen molar-refractivity contribution in [1.82, 2.24) is 0 Å². The van der Waals surface area contributed by atoms with E-state index in [1.807, 2.05) is 6.07 Å². The molecule has 0 aliphatic carbocycles. The monoisotopic (exact) mass is 423 g/mol. The molecule has 0 aliphatic rings. The molecule has 0 radical (unpaired) electrons. The van der Waals surface area contributed by atoms with Crippen molar-refractivity contribution in [3.8, 4) is 11.5 Å². The van der Waals surface area contributed by atoms with Crippen LogP contribution in [0.4, 0.5) is 4.39 Å². The Hall–Kier alpha value is -3.26. The largest absolute Gasteiger partial charge is 0.457 e. The molecular weight excluding hydrogens is 401 g/mol. The lowest BCUT2D eigenvalue weighted by Crippen LogP contribution is -2.47. The van der Waals surface area contributed by atoms with E-state index < -0.39 is 5.54 Å². The summed E-state index contributed by atoms with van der Waals surface area (Å²) in [7, 11) is 0. The summed E-state index contributed by atoms with van der Waals surface area (Å²) in [6.07, 6.45) is 0.865. The number of rotatable bonds is 7. The molecule has 7 heteroatoms. The normalized spacial score (nSPS) is 11.9. The fourth-order valence-corrected chi connectivity index (χ4v) is 3.34. The van der Waals surface area contributed by atoms with Gasteiger partial charge in [0.1, 0.15) is 28.5 Å². The summed E-state index contributed by atoms with van der Waals surface area (Å²) in [6.45, 7) is -0.654. The highest BCUT2D eigenvalue weighted by atomic mass is 19.1. The van der Waals surface area contributed by atoms with E-state index in [4.69, 9.17) is 14.9 Å². The van der Waals surface area contributed by atoms with Gasteiger partial charge in [-0.15, -0.1) is 0 Å². The summed E-state index contributed by atoms with van der Waals surface area (Å²) < 4.78 is 24.7. The highest BCUT2D eigenvalue weighted by molar-refractivity contribution is 5.90. The number of ether oxygens (including phenoxy) is 1. The minimum absolute atomic E-state index is 0.172. The van der Waals surface area contributed by atoms with Crippen LogP contribution in [0.25, 0.3) is 21.9 Å². The van der Waals surface area contributed by atoms with Crippen molar-refractivity contribution in [1.29, 1.82) is 0 Å². The average Bonchev–Trinajstić information content (AvgIpc) is 2.79. The lowest BCUT2D eigenvalue weighted by molar-refractivity contribution is 0.115. The third kappa shape index (κ3) is 4.44. The lowest BCUT2D eigenvalue weighted by Gasteiger charge is -2.24. The van der Waals surface area contributed by atoms with E-state index >= 15 is 0 Å². The predicted octanol–water partition coefficient (Wildman–Crippen LogP) is 3.49. The maximum atomic E-state index is 13.1. The maximum Gasteiger partial charge on any atom is 0.200 e.